The first-order valence-electron chi connectivity index (χ1n) is 5.84. The van der Waals surface area contributed by atoms with Crippen molar-refractivity contribution in [3.63, 3.8) is 0 Å². The molecule has 0 heterocycles. The van der Waals surface area contributed by atoms with Gasteiger partial charge in [-0.2, -0.15) is 0 Å². The highest BCUT2D eigenvalue weighted by Crippen LogP contribution is 2.11. The zero-order valence-corrected chi connectivity index (χ0v) is 11.5. The molecule has 0 saturated carbocycles. The third-order valence-corrected chi connectivity index (χ3v) is 4.16. The summed E-state index contributed by atoms with van der Waals surface area (Å²) in [6, 6.07) is 8.61. The lowest BCUT2D eigenvalue weighted by Crippen LogP contribution is -2.36. The quantitative estimate of drug-likeness (QED) is 0.821. The van der Waals surface area contributed by atoms with E-state index in [1.54, 1.807) is 24.3 Å². The second kappa shape index (κ2) is 5.65. The van der Waals surface area contributed by atoms with Gasteiger partial charge in [0, 0.05) is 5.54 Å². The molecule has 0 amide bonds. The Bertz CT molecular complexity index is 432. The highest BCUT2D eigenvalue weighted by molar-refractivity contribution is 7.91. The van der Waals surface area contributed by atoms with Crippen LogP contribution in [0.25, 0.3) is 0 Å². The molecule has 0 saturated heterocycles. The third-order valence-electron chi connectivity index (χ3n) is 2.35. The Hall–Kier alpha value is -0.870. The summed E-state index contributed by atoms with van der Waals surface area (Å²) in [5.74, 6) is 0.195. The molecule has 0 aliphatic carbocycles. The number of nitrogens with one attached hydrogen (secondary N) is 1. The highest BCUT2D eigenvalue weighted by atomic mass is 32.2. The van der Waals surface area contributed by atoms with Gasteiger partial charge in [-0.25, -0.2) is 8.42 Å². The summed E-state index contributed by atoms with van der Waals surface area (Å²) in [6.45, 7) is 6.92. The Morgan fingerprint density at radius 3 is 2.24 bits per heavy atom. The predicted molar refractivity (Wildman–Crippen MR) is 70.9 cm³/mol. The van der Waals surface area contributed by atoms with Crippen molar-refractivity contribution in [3.8, 4) is 0 Å². The molecule has 0 aliphatic heterocycles. The van der Waals surface area contributed by atoms with Gasteiger partial charge in [-0.15, -0.1) is 0 Å². The Morgan fingerprint density at radius 1 is 1.12 bits per heavy atom. The standard InChI is InChI=1S/C13H21NO2S/c1-13(2,3)14-10-7-11-17(15,16)12-8-5-4-6-9-12/h4-6,8-9,14H,7,10-11H2,1-3H3. The van der Waals surface area contributed by atoms with Crippen molar-refractivity contribution >= 4 is 9.84 Å². The molecule has 96 valence electrons. The van der Waals surface area contributed by atoms with Crippen molar-refractivity contribution < 1.29 is 8.42 Å². The maximum Gasteiger partial charge on any atom is 0.178 e. The van der Waals surface area contributed by atoms with E-state index in [0.717, 1.165) is 6.54 Å². The second-order valence-electron chi connectivity index (χ2n) is 5.16. The molecule has 0 unspecified atom stereocenters. The first-order valence-corrected chi connectivity index (χ1v) is 7.49. The molecule has 0 aliphatic rings. The van der Waals surface area contributed by atoms with Gasteiger partial charge in [0.25, 0.3) is 0 Å². The lowest BCUT2D eigenvalue weighted by atomic mass is 10.1. The van der Waals surface area contributed by atoms with E-state index < -0.39 is 9.84 Å². The Kier molecular flexibility index (Phi) is 4.71. The van der Waals surface area contributed by atoms with Crippen LogP contribution >= 0.6 is 0 Å². The van der Waals surface area contributed by atoms with E-state index >= 15 is 0 Å². The fraction of sp³-hybridized carbons (Fsp3) is 0.538. The van der Waals surface area contributed by atoms with Gasteiger partial charge in [0.2, 0.25) is 0 Å². The largest absolute Gasteiger partial charge is 0.312 e. The Morgan fingerprint density at radius 2 is 1.71 bits per heavy atom. The summed E-state index contributed by atoms with van der Waals surface area (Å²) >= 11 is 0. The molecule has 0 spiro atoms. The van der Waals surface area contributed by atoms with Gasteiger partial charge in [0.15, 0.2) is 9.84 Å². The van der Waals surface area contributed by atoms with E-state index in [1.165, 1.54) is 0 Å². The summed E-state index contributed by atoms with van der Waals surface area (Å²) in [6.07, 6.45) is 0.633. The Balaban J connectivity index is 2.47. The number of hydrogen-bond donors (Lipinski definition) is 1. The number of sulfone groups is 1. The summed E-state index contributed by atoms with van der Waals surface area (Å²) in [5.41, 5.74) is 0.0382. The van der Waals surface area contributed by atoms with Crippen LogP contribution in [0.2, 0.25) is 0 Å². The highest BCUT2D eigenvalue weighted by Gasteiger charge is 2.14. The number of hydrogen-bond acceptors (Lipinski definition) is 3. The molecular formula is C13H21NO2S. The number of rotatable bonds is 5. The van der Waals surface area contributed by atoms with Crippen molar-refractivity contribution in [1.82, 2.24) is 5.32 Å². The van der Waals surface area contributed by atoms with Crippen LogP contribution in [-0.4, -0.2) is 26.3 Å². The molecule has 1 N–H and O–H groups in total. The molecule has 0 aromatic heterocycles. The molecule has 0 fully saturated rings. The molecule has 0 bridgehead atoms. The van der Waals surface area contributed by atoms with Crippen LogP contribution < -0.4 is 5.32 Å². The van der Waals surface area contributed by atoms with E-state index in [9.17, 15) is 8.42 Å². The van der Waals surface area contributed by atoms with E-state index in [-0.39, 0.29) is 11.3 Å². The second-order valence-corrected chi connectivity index (χ2v) is 7.27. The summed E-state index contributed by atoms with van der Waals surface area (Å²) < 4.78 is 23.9. The van der Waals surface area contributed by atoms with Crippen molar-refractivity contribution in [3.05, 3.63) is 30.3 Å². The molecule has 0 radical (unpaired) electrons. The van der Waals surface area contributed by atoms with Gasteiger partial charge in [0.1, 0.15) is 0 Å². The van der Waals surface area contributed by atoms with Gasteiger partial charge < -0.3 is 5.32 Å². The fourth-order valence-corrected chi connectivity index (χ4v) is 2.80. The van der Waals surface area contributed by atoms with Gasteiger partial charge >= 0.3 is 0 Å². The molecule has 3 nitrogen and oxygen atoms in total. The van der Waals surface area contributed by atoms with Crippen molar-refractivity contribution in [2.75, 3.05) is 12.3 Å². The minimum absolute atomic E-state index is 0.0382. The smallest absolute Gasteiger partial charge is 0.178 e. The zero-order chi connectivity index (χ0) is 12.9. The zero-order valence-electron chi connectivity index (χ0n) is 10.7. The molecule has 17 heavy (non-hydrogen) atoms. The molecule has 1 rings (SSSR count). The molecular weight excluding hydrogens is 234 g/mol. The molecule has 0 atom stereocenters. The van der Waals surface area contributed by atoms with Crippen molar-refractivity contribution in [1.29, 1.82) is 0 Å². The average molecular weight is 255 g/mol. The van der Waals surface area contributed by atoms with Crippen LogP contribution in [0.3, 0.4) is 0 Å². The molecule has 1 aromatic carbocycles. The van der Waals surface area contributed by atoms with Crippen LogP contribution in [0.15, 0.2) is 35.2 Å². The molecule has 4 heteroatoms. The van der Waals surface area contributed by atoms with Crippen molar-refractivity contribution in [2.24, 2.45) is 0 Å². The van der Waals surface area contributed by atoms with Crippen LogP contribution in [0, 0.1) is 0 Å². The summed E-state index contributed by atoms with van der Waals surface area (Å²) in [7, 11) is -3.12. The normalized spacial score (nSPS) is 12.6. The Labute approximate surface area is 104 Å². The van der Waals surface area contributed by atoms with Crippen LogP contribution in [0.1, 0.15) is 27.2 Å². The van der Waals surface area contributed by atoms with Gasteiger partial charge in [0.05, 0.1) is 10.6 Å². The van der Waals surface area contributed by atoms with Crippen LogP contribution in [0.5, 0.6) is 0 Å². The lowest BCUT2D eigenvalue weighted by molar-refractivity contribution is 0.426. The van der Waals surface area contributed by atoms with E-state index in [2.05, 4.69) is 26.1 Å². The minimum Gasteiger partial charge on any atom is -0.312 e. The van der Waals surface area contributed by atoms with Gasteiger partial charge in [-0.05, 0) is 45.9 Å². The number of benzene rings is 1. The first-order chi connectivity index (χ1) is 7.81. The van der Waals surface area contributed by atoms with E-state index in [4.69, 9.17) is 0 Å². The topological polar surface area (TPSA) is 46.2 Å². The SMILES string of the molecule is CC(C)(C)NCCCS(=O)(=O)c1ccccc1. The average Bonchev–Trinajstić information content (AvgIpc) is 2.25. The van der Waals surface area contributed by atoms with Crippen molar-refractivity contribution in [2.45, 2.75) is 37.6 Å². The lowest BCUT2D eigenvalue weighted by Gasteiger charge is -2.20. The first kappa shape index (κ1) is 14.2. The maximum atomic E-state index is 11.9. The molecule has 1 aromatic rings. The predicted octanol–water partition coefficient (Wildman–Crippen LogP) is 2.24. The van der Waals surface area contributed by atoms with Gasteiger partial charge in [-0.1, -0.05) is 18.2 Å². The summed E-state index contributed by atoms with van der Waals surface area (Å²) in [5, 5.41) is 3.28. The van der Waals surface area contributed by atoms with Crippen LogP contribution in [-0.2, 0) is 9.84 Å². The third kappa shape index (κ3) is 5.33. The monoisotopic (exact) mass is 255 g/mol. The van der Waals surface area contributed by atoms with E-state index in [1.807, 2.05) is 6.07 Å². The van der Waals surface area contributed by atoms with Crippen LogP contribution in [0.4, 0.5) is 0 Å². The maximum absolute atomic E-state index is 11.9. The minimum atomic E-state index is -3.12. The van der Waals surface area contributed by atoms with Gasteiger partial charge in [-0.3, -0.25) is 0 Å². The van der Waals surface area contributed by atoms with E-state index in [0.29, 0.717) is 11.3 Å². The fourth-order valence-electron chi connectivity index (χ4n) is 1.47. The summed E-state index contributed by atoms with van der Waals surface area (Å²) in [4.78, 5) is 0.413.